The van der Waals surface area contributed by atoms with E-state index in [0.717, 1.165) is 23.4 Å². The first-order valence-corrected chi connectivity index (χ1v) is 9.74. The number of benzene rings is 1. The quantitative estimate of drug-likeness (QED) is 0.740. The SMILES string of the molecule is CCn1nc(C)cc1C(=O)Nc1nc2cc(C#N)cc3c2n1CC(C)(C)CN3C. The first-order chi connectivity index (χ1) is 13.7. The fraction of sp³-hybridized carbons (Fsp3) is 0.429. The number of imidazole rings is 1. The highest BCUT2D eigenvalue weighted by molar-refractivity contribution is 6.04. The first-order valence-electron chi connectivity index (χ1n) is 9.74. The zero-order valence-corrected chi connectivity index (χ0v) is 17.4. The highest BCUT2D eigenvalue weighted by Crippen LogP contribution is 2.37. The van der Waals surface area contributed by atoms with Crippen LogP contribution in [0.3, 0.4) is 0 Å². The number of aryl methyl sites for hydroxylation is 2. The molecule has 0 spiro atoms. The number of carbonyl (C=O) groups is 1. The second-order valence-corrected chi connectivity index (χ2v) is 8.46. The van der Waals surface area contributed by atoms with E-state index >= 15 is 0 Å². The van der Waals surface area contributed by atoms with E-state index in [1.807, 2.05) is 27.0 Å². The van der Waals surface area contributed by atoms with E-state index in [9.17, 15) is 10.1 Å². The molecule has 0 aliphatic carbocycles. The molecule has 29 heavy (non-hydrogen) atoms. The summed E-state index contributed by atoms with van der Waals surface area (Å²) in [6.45, 7) is 10.3. The summed E-state index contributed by atoms with van der Waals surface area (Å²) in [6.07, 6.45) is 0. The summed E-state index contributed by atoms with van der Waals surface area (Å²) in [5, 5.41) is 16.8. The van der Waals surface area contributed by atoms with Gasteiger partial charge in [-0.25, -0.2) is 4.98 Å². The molecule has 2 aromatic heterocycles. The van der Waals surface area contributed by atoms with Gasteiger partial charge >= 0.3 is 0 Å². The van der Waals surface area contributed by atoms with E-state index in [4.69, 9.17) is 0 Å². The van der Waals surface area contributed by atoms with Gasteiger partial charge in [0.1, 0.15) is 5.69 Å². The third kappa shape index (κ3) is 3.23. The molecule has 0 saturated heterocycles. The molecule has 1 N–H and O–H groups in total. The molecule has 1 aromatic carbocycles. The molecule has 1 aliphatic heterocycles. The van der Waals surface area contributed by atoms with Crippen molar-refractivity contribution in [1.82, 2.24) is 19.3 Å². The number of amides is 1. The summed E-state index contributed by atoms with van der Waals surface area (Å²) in [7, 11) is 2.03. The van der Waals surface area contributed by atoms with Crippen molar-refractivity contribution in [2.45, 2.75) is 40.8 Å². The van der Waals surface area contributed by atoms with Gasteiger partial charge in [0.25, 0.3) is 5.91 Å². The molecule has 0 unspecified atom stereocenters. The Morgan fingerprint density at radius 1 is 1.31 bits per heavy atom. The highest BCUT2D eigenvalue weighted by Gasteiger charge is 2.31. The van der Waals surface area contributed by atoms with Crippen molar-refractivity contribution in [2.75, 3.05) is 23.8 Å². The molecule has 0 bridgehead atoms. The number of aromatic nitrogens is 4. The summed E-state index contributed by atoms with van der Waals surface area (Å²) >= 11 is 0. The fourth-order valence-electron chi connectivity index (χ4n) is 4.19. The normalized spacial score (nSPS) is 15.2. The van der Waals surface area contributed by atoms with Gasteiger partial charge in [0.05, 0.1) is 34.0 Å². The number of nitrogens with zero attached hydrogens (tertiary/aromatic N) is 6. The zero-order chi connectivity index (χ0) is 20.9. The van der Waals surface area contributed by atoms with Crippen LogP contribution in [0.1, 0.15) is 42.5 Å². The standard InChI is InChI=1S/C21H25N7O/c1-6-28-17(7-13(2)25-28)19(29)24-20-23-15-8-14(10-22)9-16-18(15)27(20)12-21(3,4)11-26(16)5/h7-9H,6,11-12H2,1-5H3,(H,23,24,29). The minimum absolute atomic E-state index is 0.0462. The average Bonchev–Trinajstić information content (AvgIpc) is 3.17. The molecule has 150 valence electrons. The van der Waals surface area contributed by atoms with Crippen LogP contribution in [0, 0.1) is 23.7 Å². The van der Waals surface area contributed by atoms with Crippen LogP contribution >= 0.6 is 0 Å². The Hall–Kier alpha value is -3.34. The summed E-state index contributed by atoms with van der Waals surface area (Å²) in [5.74, 6) is 0.252. The molecule has 4 rings (SSSR count). The van der Waals surface area contributed by atoms with Gasteiger partial charge in [0.2, 0.25) is 5.95 Å². The van der Waals surface area contributed by atoms with Crippen LogP contribution < -0.4 is 10.2 Å². The minimum atomic E-state index is -0.239. The summed E-state index contributed by atoms with van der Waals surface area (Å²) in [6, 6.07) is 7.66. The summed E-state index contributed by atoms with van der Waals surface area (Å²) in [4.78, 5) is 19.8. The molecule has 1 aliphatic rings. The Kier molecular flexibility index (Phi) is 4.34. The molecule has 0 atom stereocenters. The van der Waals surface area contributed by atoms with E-state index < -0.39 is 0 Å². The fourth-order valence-corrected chi connectivity index (χ4v) is 4.19. The van der Waals surface area contributed by atoms with Crippen molar-refractivity contribution < 1.29 is 4.79 Å². The Morgan fingerprint density at radius 3 is 2.76 bits per heavy atom. The molecule has 0 saturated carbocycles. The zero-order valence-electron chi connectivity index (χ0n) is 17.4. The lowest BCUT2D eigenvalue weighted by molar-refractivity contribution is 0.101. The lowest BCUT2D eigenvalue weighted by Gasteiger charge is -2.28. The summed E-state index contributed by atoms with van der Waals surface area (Å²) in [5.41, 5.74) is 4.41. The average molecular weight is 391 g/mol. The van der Waals surface area contributed by atoms with Gasteiger partial charge in [-0.1, -0.05) is 13.8 Å². The number of anilines is 2. The van der Waals surface area contributed by atoms with Crippen molar-refractivity contribution >= 4 is 28.6 Å². The van der Waals surface area contributed by atoms with E-state index in [1.165, 1.54) is 0 Å². The maximum absolute atomic E-state index is 13.0. The largest absolute Gasteiger partial charge is 0.372 e. The van der Waals surface area contributed by atoms with E-state index in [0.29, 0.717) is 35.8 Å². The Balaban J connectivity index is 1.85. The van der Waals surface area contributed by atoms with Crippen LogP contribution in [0.5, 0.6) is 0 Å². The van der Waals surface area contributed by atoms with Crippen LogP contribution in [0.25, 0.3) is 11.0 Å². The van der Waals surface area contributed by atoms with E-state index in [1.54, 1.807) is 16.8 Å². The van der Waals surface area contributed by atoms with Crippen molar-refractivity contribution in [3.05, 3.63) is 35.2 Å². The van der Waals surface area contributed by atoms with Gasteiger partial charge in [-0.3, -0.25) is 14.8 Å². The lowest BCUT2D eigenvalue weighted by Crippen LogP contribution is -2.32. The monoisotopic (exact) mass is 391 g/mol. The highest BCUT2D eigenvalue weighted by atomic mass is 16.2. The number of nitrogens with one attached hydrogen (secondary N) is 1. The number of carbonyl (C=O) groups excluding carboxylic acids is 1. The second-order valence-electron chi connectivity index (χ2n) is 8.46. The molecule has 8 nitrogen and oxygen atoms in total. The number of rotatable bonds is 3. The van der Waals surface area contributed by atoms with E-state index in [2.05, 4.69) is 44.8 Å². The van der Waals surface area contributed by atoms with Gasteiger partial charge in [-0.2, -0.15) is 10.4 Å². The molecule has 0 radical (unpaired) electrons. The third-order valence-corrected chi connectivity index (χ3v) is 5.27. The molecule has 3 aromatic rings. The Labute approximate surface area is 169 Å². The van der Waals surface area contributed by atoms with E-state index in [-0.39, 0.29) is 11.3 Å². The first kappa shape index (κ1) is 19.0. The van der Waals surface area contributed by atoms with Gasteiger partial charge in [-0.15, -0.1) is 0 Å². The topological polar surface area (TPSA) is 91.8 Å². The predicted molar refractivity (Wildman–Crippen MR) is 112 cm³/mol. The maximum atomic E-state index is 13.0. The van der Waals surface area contributed by atoms with Crippen molar-refractivity contribution in [3.8, 4) is 6.07 Å². The van der Waals surface area contributed by atoms with Crippen LogP contribution in [0.2, 0.25) is 0 Å². The van der Waals surface area contributed by atoms with Gasteiger partial charge in [0.15, 0.2) is 0 Å². The smallest absolute Gasteiger partial charge is 0.276 e. The molecular formula is C21H25N7O. The molecule has 0 fully saturated rings. The molecular weight excluding hydrogens is 366 g/mol. The molecule has 8 heteroatoms. The van der Waals surface area contributed by atoms with Crippen LogP contribution in [0.15, 0.2) is 18.2 Å². The number of hydrogen-bond acceptors (Lipinski definition) is 5. The predicted octanol–water partition coefficient (Wildman–Crippen LogP) is 3.16. The maximum Gasteiger partial charge on any atom is 0.276 e. The lowest BCUT2D eigenvalue weighted by atomic mass is 9.93. The van der Waals surface area contributed by atoms with Crippen LogP contribution in [-0.4, -0.2) is 38.8 Å². The van der Waals surface area contributed by atoms with Gasteiger partial charge < -0.3 is 9.47 Å². The number of nitriles is 1. The molecule has 1 amide bonds. The Morgan fingerprint density at radius 2 is 2.07 bits per heavy atom. The second kappa shape index (κ2) is 6.62. The van der Waals surface area contributed by atoms with Crippen LogP contribution in [0.4, 0.5) is 11.6 Å². The van der Waals surface area contributed by atoms with Crippen LogP contribution in [-0.2, 0) is 13.1 Å². The summed E-state index contributed by atoms with van der Waals surface area (Å²) < 4.78 is 3.75. The van der Waals surface area contributed by atoms with Gasteiger partial charge in [-0.05, 0) is 32.0 Å². The number of hydrogen-bond donors (Lipinski definition) is 1. The van der Waals surface area contributed by atoms with Crippen molar-refractivity contribution in [2.24, 2.45) is 5.41 Å². The van der Waals surface area contributed by atoms with Gasteiger partial charge in [0, 0.05) is 32.1 Å². The van der Waals surface area contributed by atoms with Crippen molar-refractivity contribution in [3.63, 3.8) is 0 Å². The Bertz CT molecular complexity index is 1160. The minimum Gasteiger partial charge on any atom is -0.372 e. The molecule has 3 heterocycles. The van der Waals surface area contributed by atoms with Crippen molar-refractivity contribution in [1.29, 1.82) is 5.26 Å². The third-order valence-electron chi connectivity index (χ3n) is 5.27.